The lowest BCUT2D eigenvalue weighted by atomic mass is 10.00. The topological polar surface area (TPSA) is 12.0 Å². The summed E-state index contributed by atoms with van der Waals surface area (Å²) in [5.41, 5.74) is 0. The largest absolute Gasteiger partial charge is 0.316 e. The Labute approximate surface area is 94.0 Å². The van der Waals surface area contributed by atoms with Crippen molar-refractivity contribution in [3.05, 3.63) is 36.5 Å². The summed E-state index contributed by atoms with van der Waals surface area (Å²) in [4.78, 5) is 0. The van der Waals surface area contributed by atoms with Gasteiger partial charge in [-0.05, 0) is 45.1 Å². The molecule has 1 rings (SSSR count). The molecule has 1 aliphatic rings. The van der Waals surface area contributed by atoms with Crippen molar-refractivity contribution < 1.29 is 0 Å². The van der Waals surface area contributed by atoms with Crippen LogP contribution in [-0.4, -0.2) is 13.1 Å². The highest BCUT2D eigenvalue weighted by Crippen LogP contribution is 2.11. The van der Waals surface area contributed by atoms with Gasteiger partial charge in [-0.3, -0.25) is 0 Å². The fourth-order valence-corrected chi connectivity index (χ4v) is 1.78. The van der Waals surface area contributed by atoms with Crippen LogP contribution in [0.5, 0.6) is 0 Å². The summed E-state index contributed by atoms with van der Waals surface area (Å²) < 4.78 is 0. The molecule has 1 atom stereocenters. The first-order valence-electron chi connectivity index (χ1n) is 6.07. The van der Waals surface area contributed by atoms with Gasteiger partial charge < -0.3 is 5.32 Å². The molecule has 84 valence electrons. The summed E-state index contributed by atoms with van der Waals surface area (Å²) in [5, 5.41) is 3.51. The summed E-state index contributed by atoms with van der Waals surface area (Å²) in [5.74, 6) is 0.723. The number of nitrogens with one attached hydrogen (secondary N) is 1. The monoisotopic (exact) mass is 205 g/mol. The quantitative estimate of drug-likeness (QED) is 0.535. The Bertz CT molecular complexity index is 225. The molecule has 0 aliphatic heterocycles. The molecule has 0 saturated heterocycles. The first kappa shape index (κ1) is 12.3. The van der Waals surface area contributed by atoms with Gasteiger partial charge in [0.15, 0.2) is 0 Å². The molecular weight excluding hydrogens is 182 g/mol. The van der Waals surface area contributed by atoms with E-state index in [4.69, 9.17) is 0 Å². The third-order valence-corrected chi connectivity index (χ3v) is 2.68. The minimum atomic E-state index is 0.723. The number of hydrogen-bond acceptors (Lipinski definition) is 1. The summed E-state index contributed by atoms with van der Waals surface area (Å²) in [7, 11) is 0. The number of hydrogen-bond donors (Lipinski definition) is 1. The van der Waals surface area contributed by atoms with Gasteiger partial charge in [0.2, 0.25) is 0 Å². The number of allylic oxidation sites excluding steroid dienone is 4. The molecule has 1 heteroatoms. The molecule has 0 radical (unpaired) electrons. The van der Waals surface area contributed by atoms with Gasteiger partial charge in [0.05, 0.1) is 0 Å². The highest BCUT2D eigenvalue weighted by molar-refractivity contribution is 4.99. The third kappa shape index (κ3) is 6.29. The maximum Gasteiger partial charge on any atom is 0.00144 e. The van der Waals surface area contributed by atoms with E-state index in [9.17, 15) is 0 Å². The molecule has 1 aliphatic carbocycles. The van der Waals surface area contributed by atoms with Crippen LogP contribution in [0, 0.1) is 5.92 Å². The highest BCUT2D eigenvalue weighted by Gasteiger charge is 2.03. The van der Waals surface area contributed by atoms with Gasteiger partial charge in [-0.2, -0.15) is 0 Å². The van der Waals surface area contributed by atoms with Crippen molar-refractivity contribution in [2.24, 2.45) is 5.92 Å². The highest BCUT2D eigenvalue weighted by atomic mass is 14.8. The van der Waals surface area contributed by atoms with E-state index in [-0.39, 0.29) is 0 Å². The van der Waals surface area contributed by atoms with E-state index in [1.165, 1.54) is 12.8 Å². The molecule has 0 spiro atoms. The molecular formula is C14H23N. The van der Waals surface area contributed by atoms with Crippen LogP contribution in [0.15, 0.2) is 36.5 Å². The Morgan fingerprint density at radius 1 is 1.33 bits per heavy atom. The Hall–Kier alpha value is -0.820. The second kappa shape index (κ2) is 8.49. The second-order valence-corrected chi connectivity index (χ2v) is 4.03. The minimum absolute atomic E-state index is 0.723. The fraction of sp³-hybridized carbons (Fsp3) is 0.571. The van der Waals surface area contributed by atoms with Crippen molar-refractivity contribution >= 4 is 0 Å². The average molecular weight is 205 g/mol. The van der Waals surface area contributed by atoms with Crippen molar-refractivity contribution in [2.75, 3.05) is 13.1 Å². The lowest BCUT2D eigenvalue weighted by molar-refractivity contribution is 0.529. The summed E-state index contributed by atoms with van der Waals surface area (Å²) >= 11 is 0. The van der Waals surface area contributed by atoms with Crippen molar-refractivity contribution in [1.29, 1.82) is 0 Å². The minimum Gasteiger partial charge on any atom is -0.316 e. The Morgan fingerprint density at radius 2 is 2.27 bits per heavy atom. The van der Waals surface area contributed by atoms with E-state index in [0.717, 1.165) is 31.8 Å². The van der Waals surface area contributed by atoms with Crippen molar-refractivity contribution in [2.45, 2.75) is 32.6 Å². The van der Waals surface area contributed by atoms with Gasteiger partial charge in [0.25, 0.3) is 0 Å². The predicted octanol–water partition coefficient (Wildman–Crippen LogP) is 3.45. The molecule has 0 heterocycles. The molecule has 0 fully saturated rings. The van der Waals surface area contributed by atoms with Gasteiger partial charge in [0, 0.05) is 6.54 Å². The maximum atomic E-state index is 3.51. The van der Waals surface area contributed by atoms with Gasteiger partial charge in [-0.25, -0.2) is 0 Å². The van der Waals surface area contributed by atoms with Crippen LogP contribution in [0.2, 0.25) is 0 Å². The van der Waals surface area contributed by atoms with Crippen LogP contribution in [0.25, 0.3) is 0 Å². The molecule has 0 aromatic carbocycles. The SMILES string of the molecule is C/C=C\CCNCC1C=CC/C=C\CC1. The zero-order valence-corrected chi connectivity index (χ0v) is 9.78. The zero-order valence-electron chi connectivity index (χ0n) is 9.78. The molecule has 0 saturated carbocycles. The average Bonchev–Trinajstić information content (AvgIpc) is 2.20. The van der Waals surface area contributed by atoms with Gasteiger partial charge in [0.1, 0.15) is 0 Å². The first-order chi connectivity index (χ1) is 7.43. The van der Waals surface area contributed by atoms with Crippen LogP contribution >= 0.6 is 0 Å². The second-order valence-electron chi connectivity index (χ2n) is 4.03. The number of rotatable bonds is 5. The van der Waals surface area contributed by atoms with E-state index in [2.05, 4.69) is 48.7 Å². The lowest BCUT2D eigenvalue weighted by Gasteiger charge is -2.13. The molecule has 1 N–H and O–H groups in total. The molecule has 0 aromatic rings. The Balaban J connectivity index is 2.11. The van der Waals surface area contributed by atoms with Crippen molar-refractivity contribution in [3.63, 3.8) is 0 Å². The standard InChI is InChI=1S/C14H23N/c1-2-3-9-12-15-13-14-10-7-5-4-6-8-11-14/h2-5,8,11,14-15H,6-7,9-10,12-13H2,1H3/b3-2-,5-4-,11-8?. The molecule has 0 amide bonds. The van der Waals surface area contributed by atoms with Crippen LogP contribution in [0.3, 0.4) is 0 Å². The van der Waals surface area contributed by atoms with E-state index in [1.807, 2.05) is 0 Å². The molecule has 1 nitrogen and oxygen atoms in total. The first-order valence-corrected chi connectivity index (χ1v) is 6.07. The van der Waals surface area contributed by atoms with Crippen molar-refractivity contribution in [3.8, 4) is 0 Å². The maximum absolute atomic E-state index is 3.51. The fourth-order valence-electron chi connectivity index (χ4n) is 1.78. The van der Waals surface area contributed by atoms with Crippen LogP contribution in [0.1, 0.15) is 32.6 Å². The zero-order chi connectivity index (χ0) is 10.8. The Kier molecular flexibility index (Phi) is 6.93. The molecule has 1 unspecified atom stereocenters. The van der Waals surface area contributed by atoms with Gasteiger partial charge >= 0.3 is 0 Å². The van der Waals surface area contributed by atoms with E-state index < -0.39 is 0 Å². The normalized spacial score (nSPS) is 23.9. The van der Waals surface area contributed by atoms with Crippen LogP contribution < -0.4 is 5.32 Å². The van der Waals surface area contributed by atoms with Gasteiger partial charge in [-0.15, -0.1) is 0 Å². The van der Waals surface area contributed by atoms with E-state index >= 15 is 0 Å². The lowest BCUT2D eigenvalue weighted by Crippen LogP contribution is -2.22. The van der Waals surface area contributed by atoms with E-state index in [0.29, 0.717) is 0 Å². The predicted molar refractivity (Wildman–Crippen MR) is 67.9 cm³/mol. The molecule has 15 heavy (non-hydrogen) atoms. The smallest absolute Gasteiger partial charge is 0.00144 e. The van der Waals surface area contributed by atoms with Crippen molar-refractivity contribution in [1.82, 2.24) is 5.32 Å². The summed E-state index contributed by atoms with van der Waals surface area (Å²) in [6.45, 7) is 4.30. The summed E-state index contributed by atoms with van der Waals surface area (Å²) in [6.07, 6.45) is 18.3. The molecule has 0 bridgehead atoms. The van der Waals surface area contributed by atoms with Gasteiger partial charge in [-0.1, -0.05) is 36.5 Å². The molecule has 0 aromatic heterocycles. The summed E-state index contributed by atoms with van der Waals surface area (Å²) in [6, 6.07) is 0. The Morgan fingerprint density at radius 3 is 3.13 bits per heavy atom. The van der Waals surface area contributed by atoms with Crippen LogP contribution in [-0.2, 0) is 0 Å². The van der Waals surface area contributed by atoms with Crippen LogP contribution in [0.4, 0.5) is 0 Å². The third-order valence-electron chi connectivity index (χ3n) is 2.68. The van der Waals surface area contributed by atoms with E-state index in [1.54, 1.807) is 0 Å².